The number of amides is 1. The largest absolute Gasteiger partial charge is 0.336 e. The Hall–Kier alpha value is -1.16. The molecule has 5 heteroatoms. The summed E-state index contributed by atoms with van der Waals surface area (Å²) < 4.78 is 26.3. The molecular weight excluding hydrogens is 272 g/mol. The number of carbonyl (C=O) groups excluding carboxylic acids is 1. The van der Waals surface area contributed by atoms with Crippen LogP contribution in [0.5, 0.6) is 0 Å². The highest BCUT2D eigenvalue weighted by Gasteiger charge is 2.28. The summed E-state index contributed by atoms with van der Waals surface area (Å²) >= 11 is 5.85. The fourth-order valence-electron chi connectivity index (χ4n) is 2.62. The molecule has 0 N–H and O–H groups in total. The minimum atomic E-state index is -1.05. The molecule has 1 fully saturated rings. The molecule has 104 valence electrons. The molecule has 1 aromatic carbocycles. The molecule has 2 rings (SSSR count). The van der Waals surface area contributed by atoms with Gasteiger partial charge in [-0.3, -0.25) is 4.79 Å². The molecule has 1 amide bonds. The minimum absolute atomic E-state index is 0.0364. The standard InChI is InChI=1S/C14H16ClF2NO/c1-2-18(9-5-3-4-6-9)14(19)10-7-12(16)13(17)8-11(10)15/h7-9H,2-6H2,1H3. The Kier molecular flexibility index (Phi) is 4.40. The molecule has 0 bridgehead atoms. The monoisotopic (exact) mass is 287 g/mol. The molecule has 1 aromatic rings. The van der Waals surface area contributed by atoms with E-state index < -0.39 is 11.6 Å². The van der Waals surface area contributed by atoms with Gasteiger partial charge in [-0.15, -0.1) is 0 Å². The van der Waals surface area contributed by atoms with Crippen molar-refractivity contribution >= 4 is 17.5 Å². The molecule has 19 heavy (non-hydrogen) atoms. The molecule has 0 aliphatic heterocycles. The van der Waals surface area contributed by atoms with Crippen LogP contribution in [-0.2, 0) is 0 Å². The van der Waals surface area contributed by atoms with Gasteiger partial charge < -0.3 is 4.90 Å². The topological polar surface area (TPSA) is 20.3 Å². The van der Waals surface area contributed by atoms with E-state index in [1.807, 2.05) is 6.92 Å². The van der Waals surface area contributed by atoms with Crippen LogP contribution in [0.3, 0.4) is 0 Å². The second-order valence-electron chi connectivity index (χ2n) is 4.78. The van der Waals surface area contributed by atoms with Crippen LogP contribution < -0.4 is 0 Å². The fourth-order valence-corrected chi connectivity index (χ4v) is 2.86. The number of halogens is 3. The summed E-state index contributed by atoms with van der Waals surface area (Å²) in [6.45, 7) is 2.42. The zero-order valence-corrected chi connectivity index (χ0v) is 11.5. The molecular formula is C14H16ClF2NO. The summed E-state index contributed by atoms with van der Waals surface area (Å²) in [6.07, 6.45) is 4.11. The van der Waals surface area contributed by atoms with Crippen molar-refractivity contribution in [1.29, 1.82) is 0 Å². The Morgan fingerprint density at radius 1 is 1.32 bits per heavy atom. The van der Waals surface area contributed by atoms with Crippen molar-refractivity contribution in [3.8, 4) is 0 Å². The predicted molar refractivity (Wildman–Crippen MR) is 70.3 cm³/mol. The maximum absolute atomic E-state index is 13.3. The highest BCUT2D eigenvalue weighted by Crippen LogP contribution is 2.27. The highest BCUT2D eigenvalue weighted by atomic mass is 35.5. The van der Waals surface area contributed by atoms with Crippen molar-refractivity contribution in [2.45, 2.75) is 38.6 Å². The second kappa shape index (κ2) is 5.87. The van der Waals surface area contributed by atoms with E-state index in [1.54, 1.807) is 4.90 Å². The van der Waals surface area contributed by atoms with Crippen LogP contribution in [-0.4, -0.2) is 23.4 Å². The Morgan fingerprint density at radius 2 is 1.89 bits per heavy atom. The maximum Gasteiger partial charge on any atom is 0.255 e. The summed E-state index contributed by atoms with van der Waals surface area (Å²) in [7, 11) is 0. The average molecular weight is 288 g/mol. The summed E-state index contributed by atoms with van der Waals surface area (Å²) in [4.78, 5) is 14.1. The van der Waals surface area contributed by atoms with Gasteiger partial charge in [-0.1, -0.05) is 24.4 Å². The number of carbonyl (C=O) groups is 1. The van der Waals surface area contributed by atoms with Crippen molar-refractivity contribution in [3.05, 3.63) is 34.4 Å². The van der Waals surface area contributed by atoms with E-state index in [-0.39, 0.29) is 22.5 Å². The first-order valence-corrected chi connectivity index (χ1v) is 6.88. The third-order valence-electron chi connectivity index (χ3n) is 3.61. The molecule has 0 heterocycles. The fraction of sp³-hybridized carbons (Fsp3) is 0.500. The van der Waals surface area contributed by atoms with Crippen molar-refractivity contribution in [3.63, 3.8) is 0 Å². The molecule has 0 unspecified atom stereocenters. The van der Waals surface area contributed by atoms with Gasteiger partial charge >= 0.3 is 0 Å². The molecule has 0 aromatic heterocycles. The lowest BCUT2D eigenvalue weighted by molar-refractivity contribution is 0.0693. The maximum atomic E-state index is 13.3. The third kappa shape index (κ3) is 2.89. The van der Waals surface area contributed by atoms with Crippen LogP contribution in [0.2, 0.25) is 5.02 Å². The first-order valence-electron chi connectivity index (χ1n) is 6.50. The number of hydrogen-bond donors (Lipinski definition) is 0. The third-order valence-corrected chi connectivity index (χ3v) is 3.92. The number of hydrogen-bond acceptors (Lipinski definition) is 1. The van der Waals surface area contributed by atoms with Crippen LogP contribution in [0, 0.1) is 11.6 Å². The summed E-state index contributed by atoms with van der Waals surface area (Å²) in [5.74, 6) is -2.40. The molecule has 1 saturated carbocycles. The van der Waals surface area contributed by atoms with Crippen LogP contribution in [0.15, 0.2) is 12.1 Å². The zero-order chi connectivity index (χ0) is 14.0. The number of benzene rings is 1. The van der Waals surface area contributed by atoms with Gasteiger partial charge in [0, 0.05) is 12.6 Å². The Bertz CT molecular complexity index is 487. The zero-order valence-electron chi connectivity index (χ0n) is 10.8. The van der Waals surface area contributed by atoms with E-state index >= 15 is 0 Å². The molecule has 0 saturated heterocycles. The lowest BCUT2D eigenvalue weighted by Crippen LogP contribution is -2.38. The first-order chi connectivity index (χ1) is 9.04. The van der Waals surface area contributed by atoms with Crippen LogP contribution >= 0.6 is 11.6 Å². The van der Waals surface area contributed by atoms with E-state index in [4.69, 9.17) is 11.6 Å². The SMILES string of the molecule is CCN(C(=O)c1cc(F)c(F)cc1Cl)C1CCCC1. The molecule has 0 radical (unpaired) electrons. The molecule has 0 spiro atoms. The highest BCUT2D eigenvalue weighted by molar-refractivity contribution is 6.33. The van der Waals surface area contributed by atoms with Gasteiger partial charge in [0.05, 0.1) is 10.6 Å². The van der Waals surface area contributed by atoms with E-state index in [2.05, 4.69) is 0 Å². The van der Waals surface area contributed by atoms with Gasteiger partial charge in [0.25, 0.3) is 5.91 Å². The van der Waals surface area contributed by atoms with E-state index in [1.165, 1.54) is 0 Å². The minimum Gasteiger partial charge on any atom is -0.336 e. The van der Waals surface area contributed by atoms with Crippen LogP contribution in [0.1, 0.15) is 43.0 Å². The van der Waals surface area contributed by atoms with Crippen molar-refractivity contribution < 1.29 is 13.6 Å². The smallest absolute Gasteiger partial charge is 0.255 e. The number of nitrogens with zero attached hydrogens (tertiary/aromatic N) is 1. The van der Waals surface area contributed by atoms with Gasteiger partial charge in [0.15, 0.2) is 11.6 Å². The van der Waals surface area contributed by atoms with Crippen molar-refractivity contribution in [1.82, 2.24) is 4.90 Å². The van der Waals surface area contributed by atoms with E-state index in [0.717, 1.165) is 37.8 Å². The van der Waals surface area contributed by atoms with Crippen LogP contribution in [0.4, 0.5) is 8.78 Å². The Labute approximate surface area is 116 Å². The number of rotatable bonds is 3. The van der Waals surface area contributed by atoms with Crippen molar-refractivity contribution in [2.75, 3.05) is 6.54 Å². The Balaban J connectivity index is 2.29. The van der Waals surface area contributed by atoms with Gasteiger partial charge in [0.1, 0.15) is 0 Å². The van der Waals surface area contributed by atoms with E-state index in [9.17, 15) is 13.6 Å². The quantitative estimate of drug-likeness (QED) is 0.769. The lowest BCUT2D eigenvalue weighted by atomic mass is 10.1. The van der Waals surface area contributed by atoms with Crippen molar-refractivity contribution in [2.24, 2.45) is 0 Å². The summed E-state index contributed by atoms with van der Waals surface area (Å²) in [5, 5.41) is -0.0413. The summed E-state index contributed by atoms with van der Waals surface area (Å²) in [5.41, 5.74) is 0.0364. The van der Waals surface area contributed by atoms with Gasteiger partial charge in [0.2, 0.25) is 0 Å². The Morgan fingerprint density at radius 3 is 2.47 bits per heavy atom. The molecule has 0 atom stereocenters. The first kappa shape index (κ1) is 14.3. The van der Waals surface area contributed by atoms with Gasteiger partial charge in [-0.25, -0.2) is 8.78 Å². The van der Waals surface area contributed by atoms with Gasteiger partial charge in [-0.2, -0.15) is 0 Å². The average Bonchev–Trinajstić information content (AvgIpc) is 2.88. The van der Waals surface area contributed by atoms with Crippen LogP contribution in [0.25, 0.3) is 0 Å². The molecule has 1 aliphatic carbocycles. The summed E-state index contributed by atoms with van der Waals surface area (Å²) in [6, 6.07) is 1.92. The normalized spacial score (nSPS) is 15.8. The molecule has 2 nitrogen and oxygen atoms in total. The second-order valence-corrected chi connectivity index (χ2v) is 5.18. The van der Waals surface area contributed by atoms with Gasteiger partial charge in [-0.05, 0) is 31.9 Å². The molecule has 1 aliphatic rings. The van der Waals surface area contributed by atoms with E-state index in [0.29, 0.717) is 6.54 Å². The predicted octanol–water partition coefficient (Wildman–Crippen LogP) is 4.02. The lowest BCUT2D eigenvalue weighted by Gasteiger charge is -2.28.